The fraction of sp³-hybridized carbons (Fsp3) is 0. The summed E-state index contributed by atoms with van der Waals surface area (Å²) in [6, 6.07) is 83.3. The van der Waals surface area contributed by atoms with Crippen LogP contribution in [0.2, 0.25) is 0 Å². The molecule has 66 heavy (non-hydrogen) atoms. The highest BCUT2D eigenvalue weighted by Crippen LogP contribution is 2.42. The van der Waals surface area contributed by atoms with Gasteiger partial charge in [0, 0.05) is 44.0 Å². The highest BCUT2D eigenvalue weighted by Gasteiger charge is 2.20. The monoisotopic (exact) mass is 838 g/mol. The van der Waals surface area contributed by atoms with Gasteiger partial charge in [0.25, 0.3) is 0 Å². The van der Waals surface area contributed by atoms with Gasteiger partial charge in [-0.3, -0.25) is 4.57 Å². The van der Waals surface area contributed by atoms with Crippen LogP contribution in [-0.2, 0) is 0 Å². The summed E-state index contributed by atoms with van der Waals surface area (Å²) in [5.74, 6) is 0.906. The maximum Gasteiger partial charge on any atom is 0.145 e. The normalized spacial score (nSPS) is 11.9. The molecule has 0 spiro atoms. The van der Waals surface area contributed by atoms with Crippen LogP contribution in [0.3, 0.4) is 0 Å². The maximum atomic E-state index is 5.42. The first-order chi connectivity index (χ1) is 32.7. The van der Waals surface area contributed by atoms with Gasteiger partial charge >= 0.3 is 0 Å². The number of hydrogen-bond donors (Lipinski definition) is 0. The molecule has 0 bridgehead atoms. The Hall–Kier alpha value is -8.86. The first kappa shape index (κ1) is 36.6. The number of benzene rings is 11. The fourth-order valence-electron chi connectivity index (χ4n) is 10.7. The van der Waals surface area contributed by atoms with Crippen molar-refractivity contribution in [2.75, 3.05) is 0 Å². The summed E-state index contributed by atoms with van der Waals surface area (Å²) in [5.41, 5.74) is 12.9. The number of imidazole rings is 1. The molecule has 14 rings (SSSR count). The zero-order chi connectivity index (χ0) is 43.3. The molecule has 3 heterocycles. The van der Waals surface area contributed by atoms with Crippen molar-refractivity contribution in [3.63, 3.8) is 0 Å². The maximum absolute atomic E-state index is 5.42. The molecule has 11 aromatic carbocycles. The Labute approximate surface area is 379 Å². The van der Waals surface area contributed by atoms with E-state index >= 15 is 0 Å². The van der Waals surface area contributed by atoms with Crippen molar-refractivity contribution >= 4 is 86.8 Å². The van der Waals surface area contributed by atoms with Crippen LogP contribution in [0.15, 0.2) is 231 Å². The van der Waals surface area contributed by atoms with Crippen molar-refractivity contribution < 1.29 is 0 Å². The van der Waals surface area contributed by atoms with E-state index in [0.29, 0.717) is 0 Å². The number of rotatable bonds is 5. The third-order valence-corrected chi connectivity index (χ3v) is 13.6. The molecule has 0 amide bonds. The minimum atomic E-state index is 0.906. The second-order valence-electron chi connectivity index (χ2n) is 17.3. The first-order valence-corrected chi connectivity index (χ1v) is 22.6. The van der Waals surface area contributed by atoms with Crippen molar-refractivity contribution in [3.05, 3.63) is 231 Å². The molecule has 0 unspecified atom stereocenters. The Morgan fingerprint density at radius 2 is 0.818 bits per heavy atom. The summed E-state index contributed by atoms with van der Waals surface area (Å²) in [5, 5.41) is 13.4. The largest absolute Gasteiger partial charge is 0.309 e. The van der Waals surface area contributed by atoms with Gasteiger partial charge in [-0.1, -0.05) is 164 Å². The molecular weight excluding hydrogens is 801 g/mol. The van der Waals surface area contributed by atoms with Gasteiger partial charge < -0.3 is 4.57 Å². The minimum absolute atomic E-state index is 0.906. The van der Waals surface area contributed by atoms with Gasteiger partial charge in [-0.2, -0.15) is 0 Å². The molecule has 4 nitrogen and oxygen atoms in total. The van der Waals surface area contributed by atoms with Crippen molar-refractivity contribution in [2.24, 2.45) is 0 Å². The van der Waals surface area contributed by atoms with Crippen molar-refractivity contribution in [1.29, 1.82) is 0 Å². The second kappa shape index (κ2) is 14.3. The molecule has 306 valence electrons. The smallest absolute Gasteiger partial charge is 0.145 e. The predicted molar refractivity (Wildman–Crippen MR) is 277 cm³/mol. The number of aromatic nitrogens is 4. The highest BCUT2D eigenvalue weighted by atomic mass is 15.1. The van der Waals surface area contributed by atoms with Crippen LogP contribution < -0.4 is 0 Å². The Balaban J connectivity index is 0.963. The highest BCUT2D eigenvalue weighted by molar-refractivity contribution is 6.26. The zero-order valence-electron chi connectivity index (χ0n) is 35.7. The second-order valence-corrected chi connectivity index (χ2v) is 17.3. The van der Waals surface area contributed by atoms with Crippen molar-refractivity contribution in [3.8, 4) is 45.1 Å². The van der Waals surface area contributed by atoms with E-state index in [-0.39, 0.29) is 0 Å². The molecular formula is C62H38N4. The third-order valence-electron chi connectivity index (χ3n) is 13.6. The molecule has 4 heteroatoms. The SMILES string of the molecule is c1ccc(-c2nc3cc4c5cc(-c6cccc(-c7nc8ccccc8n7-c7ccc8c9ccccc9c9ccccc9c8c7)c6)ccc5n(-c5ccccc5)c4cc3c3ccccc23)cc1. The predicted octanol–water partition coefficient (Wildman–Crippen LogP) is 16.3. The topological polar surface area (TPSA) is 35.6 Å². The van der Waals surface area contributed by atoms with E-state index in [9.17, 15) is 0 Å². The standard InChI is InChI=1S/C62H38N4/c1-3-16-39(17-4-1)61-51-27-12-11-26-49(51)53-38-60-55(37-57(53)63-61)54-35-41(30-33-58(54)65(60)43-20-5-2-6-21-43)40-18-15-19-42(34-40)62-64-56-28-13-14-29-59(56)66(62)44-31-32-50-47-24-8-7-22-45(47)46-23-9-10-25-48(46)52(50)36-44/h1-38H. The summed E-state index contributed by atoms with van der Waals surface area (Å²) < 4.78 is 4.74. The Bertz CT molecular complexity index is 4240. The molecule has 3 aromatic heterocycles. The van der Waals surface area contributed by atoms with E-state index in [0.717, 1.165) is 83.5 Å². The lowest BCUT2D eigenvalue weighted by molar-refractivity contribution is 1.11. The third kappa shape index (κ3) is 5.52. The van der Waals surface area contributed by atoms with E-state index in [1.54, 1.807) is 0 Å². The van der Waals surface area contributed by atoms with E-state index < -0.39 is 0 Å². The Morgan fingerprint density at radius 3 is 1.58 bits per heavy atom. The number of fused-ring (bicyclic) bond motifs is 13. The number of hydrogen-bond acceptors (Lipinski definition) is 2. The molecule has 0 atom stereocenters. The van der Waals surface area contributed by atoms with Gasteiger partial charge in [0.2, 0.25) is 0 Å². The summed E-state index contributed by atoms with van der Waals surface area (Å²) in [6.07, 6.45) is 0. The zero-order valence-corrected chi connectivity index (χ0v) is 35.7. The van der Waals surface area contributed by atoms with Crippen LogP contribution in [0.1, 0.15) is 0 Å². The van der Waals surface area contributed by atoms with Crippen molar-refractivity contribution in [2.45, 2.75) is 0 Å². The number of pyridine rings is 1. The lowest BCUT2D eigenvalue weighted by atomic mass is 9.94. The average Bonchev–Trinajstić information content (AvgIpc) is 3.94. The van der Waals surface area contributed by atoms with Crippen LogP contribution in [-0.4, -0.2) is 19.1 Å². The van der Waals surface area contributed by atoms with Crippen molar-refractivity contribution in [1.82, 2.24) is 19.1 Å². The van der Waals surface area contributed by atoms with Crippen LogP contribution in [0.4, 0.5) is 0 Å². The van der Waals surface area contributed by atoms with Crippen LogP contribution in [0.25, 0.3) is 132 Å². The van der Waals surface area contributed by atoms with E-state index in [1.165, 1.54) is 48.5 Å². The van der Waals surface area contributed by atoms with Gasteiger partial charge in [-0.25, -0.2) is 9.97 Å². The molecule has 0 aliphatic rings. The van der Waals surface area contributed by atoms with Crippen LogP contribution >= 0.6 is 0 Å². The Morgan fingerprint density at radius 1 is 0.242 bits per heavy atom. The van der Waals surface area contributed by atoms with Crippen LogP contribution in [0.5, 0.6) is 0 Å². The molecule has 0 aliphatic carbocycles. The van der Waals surface area contributed by atoms with Gasteiger partial charge in [0.15, 0.2) is 0 Å². The first-order valence-electron chi connectivity index (χ1n) is 22.6. The van der Waals surface area contributed by atoms with Gasteiger partial charge in [-0.15, -0.1) is 0 Å². The molecule has 14 aromatic rings. The minimum Gasteiger partial charge on any atom is -0.309 e. The van der Waals surface area contributed by atoms with E-state index in [4.69, 9.17) is 9.97 Å². The summed E-state index contributed by atoms with van der Waals surface area (Å²) in [7, 11) is 0. The summed E-state index contributed by atoms with van der Waals surface area (Å²) in [6.45, 7) is 0. The molecule has 0 saturated carbocycles. The summed E-state index contributed by atoms with van der Waals surface area (Å²) >= 11 is 0. The lowest BCUT2D eigenvalue weighted by Gasteiger charge is -2.15. The number of para-hydroxylation sites is 3. The molecule has 0 radical (unpaired) electrons. The molecule has 0 aliphatic heterocycles. The molecule has 0 saturated heterocycles. The number of nitrogens with zero attached hydrogens (tertiary/aromatic N) is 4. The summed E-state index contributed by atoms with van der Waals surface area (Å²) in [4.78, 5) is 10.8. The fourth-order valence-corrected chi connectivity index (χ4v) is 10.7. The molecule has 0 fully saturated rings. The average molecular weight is 839 g/mol. The lowest BCUT2D eigenvalue weighted by Crippen LogP contribution is -1.98. The Kier molecular flexibility index (Phi) is 7.95. The van der Waals surface area contributed by atoms with E-state index in [2.05, 4.69) is 240 Å². The van der Waals surface area contributed by atoms with Crippen LogP contribution in [0, 0.1) is 0 Å². The molecule has 0 N–H and O–H groups in total. The van der Waals surface area contributed by atoms with E-state index in [1.807, 2.05) is 0 Å². The van der Waals surface area contributed by atoms with Gasteiger partial charge in [-0.05, 0) is 116 Å². The quantitative estimate of drug-likeness (QED) is 0.162. The van der Waals surface area contributed by atoms with Gasteiger partial charge in [0.1, 0.15) is 5.82 Å². The van der Waals surface area contributed by atoms with Gasteiger partial charge in [0.05, 0.1) is 33.3 Å².